The Bertz CT molecular complexity index is 268. The molecule has 4 rings (SSSR count). The summed E-state index contributed by atoms with van der Waals surface area (Å²) >= 11 is 0. The number of hydrogen-bond donors (Lipinski definition) is 0. The van der Waals surface area contributed by atoms with Crippen LogP contribution in [-0.2, 0) is 0 Å². The van der Waals surface area contributed by atoms with E-state index in [2.05, 4.69) is 9.80 Å². The summed E-state index contributed by atoms with van der Waals surface area (Å²) in [6, 6.07) is 1.92. The molecular formula is C15H28N2O. The minimum Gasteiger partial charge on any atom is -0.412 e. The predicted octanol–water partition coefficient (Wildman–Crippen LogP) is 1.52. The van der Waals surface area contributed by atoms with Gasteiger partial charge in [0.1, 0.15) is 0 Å². The number of rotatable bonds is 0. The molecule has 0 aromatic rings. The largest absolute Gasteiger partial charge is 0.412 e. The fourth-order valence-electron chi connectivity index (χ4n) is 5.25. The lowest BCUT2D eigenvalue weighted by Gasteiger charge is -2.57. The Labute approximate surface area is 111 Å². The van der Waals surface area contributed by atoms with Crippen LogP contribution in [0.25, 0.3) is 0 Å². The molecule has 0 spiro atoms. The molecule has 4 aliphatic rings. The van der Waals surface area contributed by atoms with Crippen molar-refractivity contribution in [3.05, 3.63) is 0 Å². The third kappa shape index (κ3) is 2.00. The number of fused-ring (bicyclic) bond motifs is 6. The fourth-order valence-corrected chi connectivity index (χ4v) is 5.25. The monoisotopic (exact) mass is 252 g/mol. The second kappa shape index (κ2) is 5.10. The third-order valence-electron chi connectivity index (χ3n) is 5.96. The van der Waals surface area contributed by atoms with Gasteiger partial charge in [-0.15, -0.1) is 0 Å². The minimum atomic E-state index is 0. The molecule has 0 saturated carbocycles. The van der Waals surface area contributed by atoms with Crippen LogP contribution in [0.3, 0.4) is 0 Å². The van der Waals surface area contributed by atoms with Crippen LogP contribution in [-0.4, -0.2) is 53.5 Å². The smallest absolute Gasteiger partial charge is 0.0136 e. The Hall–Kier alpha value is -0.120. The predicted molar refractivity (Wildman–Crippen MR) is 73.6 cm³/mol. The van der Waals surface area contributed by atoms with Gasteiger partial charge < -0.3 is 5.48 Å². The van der Waals surface area contributed by atoms with Crippen LogP contribution in [0.15, 0.2) is 0 Å². The molecular weight excluding hydrogens is 224 g/mol. The second-order valence-corrected chi connectivity index (χ2v) is 6.87. The Balaban J connectivity index is 0.000001000. The molecule has 18 heavy (non-hydrogen) atoms. The quantitative estimate of drug-likeness (QED) is 0.655. The van der Waals surface area contributed by atoms with Crippen molar-refractivity contribution in [2.24, 2.45) is 11.8 Å². The van der Waals surface area contributed by atoms with E-state index in [1.807, 2.05) is 0 Å². The molecule has 104 valence electrons. The van der Waals surface area contributed by atoms with Crippen LogP contribution in [0.4, 0.5) is 0 Å². The van der Waals surface area contributed by atoms with E-state index in [-0.39, 0.29) is 5.48 Å². The molecule has 0 unspecified atom stereocenters. The Kier molecular flexibility index (Phi) is 3.65. The topological polar surface area (TPSA) is 38.0 Å². The van der Waals surface area contributed by atoms with Gasteiger partial charge in [0, 0.05) is 25.2 Å². The zero-order valence-corrected chi connectivity index (χ0v) is 11.5. The van der Waals surface area contributed by atoms with Crippen molar-refractivity contribution in [3.8, 4) is 0 Å². The molecule has 0 radical (unpaired) electrons. The highest BCUT2D eigenvalue weighted by Crippen LogP contribution is 2.42. The van der Waals surface area contributed by atoms with Crippen LogP contribution in [0, 0.1) is 11.8 Å². The summed E-state index contributed by atoms with van der Waals surface area (Å²) in [4.78, 5) is 5.74. The molecule has 3 nitrogen and oxygen atoms in total. The molecule has 0 aliphatic carbocycles. The Morgan fingerprint density at radius 2 is 1.17 bits per heavy atom. The second-order valence-electron chi connectivity index (χ2n) is 6.87. The van der Waals surface area contributed by atoms with Crippen molar-refractivity contribution >= 4 is 0 Å². The van der Waals surface area contributed by atoms with Gasteiger partial charge >= 0.3 is 0 Å². The highest BCUT2D eigenvalue weighted by molar-refractivity contribution is 5.00. The summed E-state index contributed by atoms with van der Waals surface area (Å²) in [7, 11) is 0. The van der Waals surface area contributed by atoms with Crippen molar-refractivity contribution in [2.75, 3.05) is 26.2 Å². The van der Waals surface area contributed by atoms with Crippen molar-refractivity contribution in [3.63, 3.8) is 0 Å². The van der Waals surface area contributed by atoms with Gasteiger partial charge in [0.05, 0.1) is 0 Å². The molecule has 4 fully saturated rings. The highest BCUT2D eigenvalue weighted by atomic mass is 16.0. The first-order valence-electron chi connectivity index (χ1n) is 7.90. The average molecular weight is 252 g/mol. The maximum Gasteiger partial charge on any atom is 0.0136 e. The van der Waals surface area contributed by atoms with Gasteiger partial charge in [0.25, 0.3) is 0 Å². The third-order valence-corrected chi connectivity index (χ3v) is 5.96. The van der Waals surface area contributed by atoms with Gasteiger partial charge in [-0.1, -0.05) is 12.8 Å². The summed E-state index contributed by atoms with van der Waals surface area (Å²) < 4.78 is 0. The molecule has 2 N–H and O–H groups in total. The molecule has 4 atom stereocenters. The standard InChI is InChI=1S/C15H26N2.H2O/c1-3-7-16-11-13-9-12(14(16)5-1)10-17-8-4-2-6-15(13)17;/h12-15H,1-11H2;1H2/t12-,13+,14-,15+;. The first-order chi connectivity index (χ1) is 8.42. The zero-order valence-electron chi connectivity index (χ0n) is 11.5. The summed E-state index contributed by atoms with van der Waals surface area (Å²) in [6.07, 6.45) is 10.5. The van der Waals surface area contributed by atoms with Crippen molar-refractivity contribution in [2.45, 2.75) is 57.0 Å². The van der Waals surface area contributed by atoms with E-state index in [4.69, 9.17) is 0 Å². The van der Waals surface area contributed by atoms with E-state index in [1.165, 1.54) is 64.7 Å². The van der Waals surface area contributed by atoms with E-state index < -0.39 is 0 Å². The van der Waals surface area contributed by atoms with E-state index >= 15 is 0 Å². The van der Waals surface area contributed by atoms with E-state index in [0.717, 1.165) is 23.9 Å². The highest BCUT2D eigenvalue weighted by Gasteiger charge is 2.46. The summed E-state index contributed by atoms with van der Waals surface area (Å²) in [6.45, 7) is 5.68. The molecule has 0 aromatic carbocycles. The van der Waals surface area contributed by atoms with Gasteiger partial charge in [-0.2, -0.15) is 0 Å². The lowest BCUT2D eigenvalue weighted by Crippen LogP contribution is -2.63. The van der Waals surface area contributed by atoms with Crippen molar-refractivity contribution < 1.29 is 5.48 Å². The molecule has 2 bridgehead atoms. The van der Waals surface area contributed by atoms with Gasteiger partial charge in [0.2, 0.25) is 0 Å². The van der Waals surface area contributed by atoms with Crippen molar-refractivity contribution in [1.29, 1.82) is 0 Å². The first-order valence-corrected chi connectivity index (χ1v) is 7.90. The van der Waals surface area contributed by atoms with Crippen molar-refractivity contribution in [1.82, 2.24) is 9.80 Å². The molecule has 3 heteroatoms. The summed E-state index contributed by atoms with van der Waals surface area (Å²) in [5, 5.41) is 0. The molecule has 4 saturated heterocycles. The van der Waals surface area contributed by atoms with Gasteiger partial charge in [-0.25, -0.2) is 0 Å². The molecule has 0 amide bonds. The van der Waals surface area contributed by atoms with Crippen LogP contribution in [0.2, 0.25) is 0 Å². The SMILES string of the molecule is C1CCN2C[C@@H]3C[C@H](CN4CCCC[C@@H]34)[C@H]2C1.O. The van der Waals surface area contributed by atoms with Gasteiger partial charge in [-0.3, -0.25) is 9.80 Å². The number of hydrogen-bond acceptors (Lipinski definition) is 2. The zero-order chi connectivity index (χ0) is 11.2. The maximum atomic E-state index is 2.87. The van der Waals surface area contributed by atoms with Gasteiger partial charge in [-0.05, 0) is 57.0 Å². The van der Waals surface area contributed by atoms with E-state index in [9.17, 15) is 0 Å². The lowest BCUT2D eigenvalue weighted by atomic mass is 9.71. The molecule has 4 aliphatic heterocycles. The Morgan fingerprint density at radius 3 is 1.67 bits per heavy atom. The molecule has 4 heterocycles. The summed E-state index contributed by atoms with van der Waals surface area (Å²) in [5.41, 5.74) is 0. The van der Waals surface area contributed by atoms with E-state index in [0.29, 0.717) is 0 Å². The maximum absolute atomic E-state index is 2.87. The van der Waals surface area contributed by atoms with Crippen LogP contribution >= 0.6 is 0 Å². The first kappa shape index (κ1) is 12.9. The molecule has 0 aromatic heterocycles. The number of piperidine rings is 4. The van der Waals surface area contributed by atoms with E-state index in [1.54, 1.807) is 6.42 Å². The fraction of sp³-hybridized carbons (Fsp3) is 1.00. The van der Waals surface area contributed by atoms with Gasteiger partial charge in [0.15, 0.2) is 0 Å². The van der Waals surface area contributed by atoms with Crippen LogP contribution in [0.1, 0.15) is 44.9 Å². The Morgan fingerprint density at radius 1 is 0.667 bits per heavy atom. The minimum absolute atomic E-state index is 0. The van der Waals surface area contributed by atoms with Crippen LogP contribution < -0.4 is 0 Å². The average Bonchev–Trinajstić information content (AvgIpc) is 2.39. The summed E-state index contributed by atoms with van der Waals surface area (Å²) in [5.74, 6) is 2.03. The van der Waals surface area contributed by atoms with Crippen LogP contribution in [0.5, 0.6) is 0 Å². The normalized spacial score (nSPS) is 44.7. The lowest BCUT2D eigenvalue weighted by molar-refractivity contribution is -0.0718. The number of nitrogens with zero attached hydrogens (tertiary/aromatic N) is 2.